The van der Waals surface area contributed by atoms with E-state index in [1.807, 2.05) is 30.3 Å². The van der Waals surface area contributed by atoms with Gasteiger partial charge < -0.3 is 16.4 Å². The van der Waals surface area contributed by atoms with Crippen LogP contribution in [0.5, 0.6) is 0 Å². The van der Waals surface area contributed by atoms with Crippen LogP contribution in [0.3, 0.4) is 0 Å². The van der Waals surface area contributed by atoms with Crippen molar-refractivity contribution in [1.82, 2.24) is 20.3 Å². The number of carbonyl (C=O) groups is 1. The van der Waals surface area contributed by atoms with Gasteiger partial charge in [-0.3, -0.25) is 4.79 Å². The zero-order valence-electron chi connectivity index (χ0n) is 19.7. The molecule has 0 radical (unpaired) electrons. The molecule has 0 aliphatic rings. The van der Waals surface area contributed by atoms with Gasteiger partial charge in [0.25, 0.3) is 5.91 Å². The number of pyridine rings is 1. The number of rotatable bonds is 7. The number of nitrogens with one attached hydrogen (secondary N) is 2. The van der Waals surface area contributed by atoms with Gasteiger partial charge in [-0.25, -0.2) is 23.7 Å². The first-order valence-corrected chi connectivity index (χ1v) is 12.2. The number of nitrogens with zero attached hydrogens (tertiary/aromatic N) is 3. The summed E-state index contributed by atoms with van der Waals surface area (Å²) < 4.78 is 26.9. The van der Waals surface area contributed by atoms with Gasteiger partial charge >= 0.3 is 0 Å². The van der Waals surface area contributed by atoms with Gasteiger partial charge in [-0.1, -0.05) is 12.1 Å². The largest absolute Gasteiger partial charge is 0.383 e. The normalized spacial score (nSPS) is 11.9. The molecule has 2 aromatic carbocycles. The average molecular weight is 517 g/mol. The number of nitrogens with two attached hydrogens (primary N) is 1. The lowest BCUT2D eigenvalue weighted by Crippen LogP contribution is -2.27. The van der Waals surface area contributed by atoms with Crippen molar-refractivity contribution in [2.75, 3.05) is 11.1 Å². The Bertz CT molecular complexity index is 1610. The highest BCUT2D eigenvalue weighted by Crippen LogP contribution is 2.31. The molecule has 0 fully saturated rings. The number of fused-ring (bicyclic) bond motifs is 1. The number of amides is 1. The van der Waals surface area contributed by atoms with Crippen LogP contribution in [0.25, 0.3) is 21.3 Å². The molecule has 186 valence electrons. The van der Waals surface area contributed by atoms with Crippen LogP contribution in [0, 0.1) is 11.6 Å². The quantitative estimate of drug-likeness (QED) is 0.256. The molecule has 5 rings (SSSR count). The first kappa shape index (κ1) is 24.3. The molecule has 3 heterocycles. The summed E-state index contributed by atoms with van der Waals surface area (Å²) in [5.41, 5.74) is 8.60. The SMILES string of the molecule is C[C@H](NC(=O)c1cccnc1NCc1ccc(-c2ccc3ncnc(N)c3c2)s1)c1ccc(F)c(F)c1. The topological polar surface area (TPSA) is 106 Å². The van der Waals surface area contributed by atoms with E-state index < -0.39 is 17.7 Å². The van der Waals surface area contributed by atoms with E-state index >= 15 is 0 Å². The Hall–Kier alpha value is -4.44. The van der Waals surface area contributed by atoms with Crippen LogP contribution in [0.1, 0.15) is 33.8 Å². The van der Waals surface area contributed by atoms with Crippen LogP contribution in [0.15, 0.2) is 73.2 Å². The van der Waals surface area contributed by atoms with Crippen molar-refractivity contribution in [2.24, 2.45) is 0 Å². The molecule has 10 heteroatoms. The smallest absolute Gasteiger partial charge is 0.255 e. The van der Waals surface area contributed by atoms with Gasteiger partial charge in [0.1, 0.15) is 18.0 Å². The van der Waals surface area contributed by atoms with Crippen molar-refractivity contribution in [3.63, 3.8) is 0 Å². The van der Waals surface area contributed by atoms with Gasteiger partial charge in [-0.05, 0) is 66.6 Å². The van der Waals surface area contributed by atoms with E-state index in [4.69, 9.17) is 5.73 Å². The lowest BCUT2D eigenvalue weighted by Gasteiger charge is -2.16. The molecule has 7 nitrogen and oxygen atoms in total. The summed E-state index contributed by atoms with van der Waals surface area (Å²) in [6, 6.07) is 16.3. The number of aromatic nitrogens is 3. The first-order chi connectivity index (χ1) is 17.9. The van der Waals surface area contributed by atoms with Gasteiger partial charge in [0.05, 0.1) is 23.7 Å². The summed E-state index contributed by atoms with van der Waals surface area (Å²) >= 11 is 1.61. The monoisotopic (exact) mass is 516 g/mol. The van der Waals surface area contributed by atoms with Crippen LogP contribution in [0.2, 0.25) is 0 Å². The van der Waals surface area contributed by atoms with Gasteiger partial charge in [0.2, 0.25) is 0 Å². The highest BCUT2D eigenvalue weighted by molar-refractivity contribution is 7.15. The van der Waals surface area contributed by atoms with E-state index in [9.17, 15) is 13.6 Å². The van der Waals surface area contributed by atoms with E-state index in [2.05, 4.69) is 25.6 Å². The number of anilines is 2. The first-order valence-electron chi connectivity index (χ1n) is 11.4. The number of nitrogen functional groups attached to an aromatic ring is 1. The van der Waals surface area contributed by atoms with Crippen LogP contribution in [-0.2, 0) is 6.54 Å². The third-order valence-electron chi connectivity index (χ3n) is 5.89. The van der Waals surface area contributed by atoms with Crippen LogP contribution in [0.4, 0.5) is 20.4 Å². The fraction of sp³-hybridized carbons (Fsp3) is 0.111. The number of hydrogen-bond acceptors (Lipinski definition) is 7. The summed E-state index contributed by atoms with van der Waals surface area (Å²) in [7, 11) is 0. The summed E-state index contributed by atoms with van der Waals surface area (Å²) in [5.74, 6) is -1.42. The van der Waals surface area contributed by atoms with E-state index in [-0.39, 0.29) is 5.91 Å². The third kappa shape index (κ3) is 5.24. The molecule has 0 bridgehead atoms. The van der Waals surface area contributed by atoms with Crippen LogP contribution in [-0.4, -0.2) is 20.9 Å². The van der Waals surface area contributed by atoms with Crippen LogP contribution >= 0.6 is 11.3 Å². The standard InChI is InChI=1S/C27H22F2N6OS/c1-15(16-4-7-21(28)22(29)12-16)35-27(36)19-3-2-10-31-26(19)32-13-18-6-9-24(37-18)17-5-8-23-20(11-17)25(30)34-14-33-23/h2-12,14-15H,13H2,1H3,(H,31,32)(H,35,36)(H2,30,33,34)/t15-/m0/s1. The molecule has 0 saturated heterocycles. The maximum Gasteiger partial charge on any atom is 0.255 e. The van der Waals surface area contributed by atoms with Crippen molar-refractivity contribution in [3.05, 3.63) is 101 Å². The molecule has 0 spiro atoms. The molecule has 0 unspecified atom stereocenters. The Morgan fingerprint density at radius 3 is 2.73 bits per heavy atom. The van der Waals surface area contributed by atoms with E-state index in [1.54, 1.807) is 36.6 Å². The summed E-state index contributed by atoms with van der Waals surface area (Å²) in [6.45, 7) is 2.16. The molecule has 3 aromatic heterocycles. The third-order valence-corrected chi connectivity index (χ3v) is 7.02. The molecular formula is C27H22F2N6OS. The lowest BCUT2D eigenvalue weighted by molar-refractivity contribution is 0.0940. The second-order valence-electron chi connectivity index (χ2n) is 8.38. The highest BCUT2D eigenvalue weighted by Gasteiger charge is 2.17. The van der Waals surface area contributed by atoms with Gasteiger partial charge in [0, 0.05) is 21.3 Å². The highest BCUT2D eigenvalue weighted by atomic mass is 32.1. The minimum Gasteiger partial charge on any atom is -0.383 e. The number of hydrogen-bond donors (Lipinski definition) is 3. The molecule has 5 aromatic rings. The second kappa shape index (κ2) is 10.3. The zero-order chi connectivity index (χ0) is 25.9. The number of carbonyl (C=O) groups excluding carboxylic acids is 1. The minimum absolute atomic E-state index is 0.346. The Labute approximate surface area is 215 Å². The molecule has 4 N–H and O–H groups in total. The molecular weight excluding hydrogens is 494 g/mol. The Morgan fingerprint density at radius 1 is 1.03 bits per heavy atom. The zero-order valence-corrected chi connectivity index (χ0v) is 20.5. The Balaban J connectivity index is 1.28. The Kier molecular flexibility index (Phi) is 6.74. The van der Waals surface area contributed by atoms with Crippen molar-refractivity contribution < 1.29 is 13.6 Å². The molecule has 1 atom stereocenters. The van der Waals surface area contributed by atoms with E-state index in [1.165, 1.54) is 12.4 Å². The van der Waals surface area contributed by atoms with Crippen molar-refractivity contribution >= 4 is 39.8 Å². The maximum atomic E-state index is 13.6. The molecule has 1 amide bonds. The Morgan fingerprint density at radius 2 is 1.89 bits per heavy atom. The number of halogens is 2. The lowest BCUT2D eigenvalue weighted by atomic mass is 10.1. The van der Waals surface area contributed by atoms with Gasteiger partial charge in [-0.15, -0.1) is 11.3 Å². The van der Waals surface area contributed by atoms with Crippen molar-refractivity contribution in [1.29, 1.82) is 0 Å². The molecule has 0 saturated carbocycles. The molecule has 0 aliphatic carbocycles. The predicted molar refractivity (Wildman–Crippen MR) is 141 cm³/mol. The summed E-state index contributed by atoms with van der Waals surface area (Å²) in [6.07, 6.45) is 3.04. The molecule has 0 aliphatic heterocycles. The van der Waals surface area contributed by atoms with Crippen molar-refractivity contribution in [2.45, 2.75) is 19.5 Å². The van der Waals surface area contributed by atoms with Gasteiger partial charge in [-0.2, -0.15) is 0 Å². The summed E-state index contributed by atoms with van der Waals surface area (Å²) in [5, 5.41) is 6.85. The maximum absolute atomic E-state index is 13.6. The van der Waals surface area contributed by atoms with Crippen LogP contribution < -0.4 is 16.4 Å². The minimum atomic E-state index is -0.960. The fourth-order valence-corrected chi connectivity index (χ4v) is 4.84. The van der Waals surface area contributed by atoms with E-state index in [0.717, 1.165) is 38.4 Å². The summed E-state index contributed by atoms with van der Waals surface area (Å²) in [4.78, 5) is 27.7. The fourth-order valence-electron chi connectivity index (χ4n) is 3.90. The van der Waals surface area contributed by atoms with E-state index in [0.29, 0.717) is 29.3 Å². The van der Waals surface area contributed by atoms with Gasteiger partial charge in [0.15, 0.2) is 11.6 Å². The molecule has 37 heavy (non-hydrogen) atoms. The predicted octanol–water partition coefficient (Wildman–Crippen LogP) is 5.72. The average Bonchev–Trinajstić information content (AvgIpc) is 3.38. The second-order valence-corrected chi connectivity index (χ2v) is 9.55. The number of thiophene rings is 1. The van der Waals surface area contributed by atoms with Crippen molar-refractivity contribution in [3.8, 4) is 10.4 Å². The number of benzene rings is 2.